The number of methoxy groups -OCH3 is 1. The fraction of sp³-hybridized carbons (Fsp3) is 0.882. The van der Waals surface area contributed by atoms with Crippen LogP contribution in [-0.2, 0) is 18.8 Å². The monoisotopic (exact) mass is 328 g/mol. The molecular weight excluding hydrogens is 296 g/mol. The van der Waals surface area contributed by atoms with Crippen LogP contribution < -0.4 is 0 Å². The van der Waals surface area contributed by atoms with Gasteiger partial charge in [-0.2, -0.15) is 0 Å². The van der Waals surface area contributed by atoms with Crippen molar-refractivity contribution in [2.75, 3.05) is 7.11 Å². The quantitative estimate of drug-likeness (QED) is 0.582. The van der Waals surface area contributed by atoms with Gasteiger partial charge >= 0.3 is 5.97 Å². The molecule has 1 rings (SSSR count). The van der Waals surface area contributed by atoms with Crippen LogP contribution in [0.25, 0.3) is 0 Å². The second-order valence-corrected chi connectivity index (χ2v) is 13.1. The van der Waals surface area contributed by atoms with Gasteiger partial charge in [0.15, 0.2) is 8.32 Å². The lowest BCUT2D eigenvalue weighted by molar-refractivity contribution is -0.156. The Kier molecular flexibility index (Phi) is 6.01. The van der Waals surface area contributed by atoms with Gasteiger partial charge in [-0.25, -0.2) is 0 Å². The van der Waals surface area contributed by atoms with E-state index in [0.717, 1.165) is 0 Å². The van der Waals surface area contributed by atoms with Gasteiger partial charge in [0.2, 0.25) is 0 Å². The molecule has 0 amide bonds. The van der Waals surface area contributed by atoms with Crippen LogP contribution in [0.2, 0.25) is 18.1 Å². The summed E-state index contributed by atoms with van der Waals surface area (Å²) in [5.74, 6) is -0.237. The number of esters is 1. The summed E-state index contributed by atoms with van der Waals surface area (Å²) in [7, 11) is -0.597. The molecule has 0 N–H and O–H groups in total. The molecule has 0 radical (unpaired) electrons. The Hall–Kier alpha value is -0.683. The Labute approximate surface area is 136 Å². The van der Waals surface area contributed by atoms with Gasteiger partial charge < -0.3 is 9.16 Å². The SMILES string of the molecule is COC(=O)[C@H]1CC(=O)C[C@@H](O[Si](C)(C)C(C)(C)C)[C@@H]1C(C)C. The number of ketones is 1. The number of ether oxygens (including phenoxy) is 1. The minimum absolute atomic E-state index is 0.0410. The highest BCUT2D eigenvalue weighted by Crippen LogP contribution is 2.43. The molecule has 0 aromatic carbocycles. The summed E-state index contributed by atoms with van der Waals surface area (Å²) in [5, 5.41) is 0.0792. The molecule has 128 valence electrons. The third kappa shape index (κ3) is 4.19. The third-order valence-corrected chi connectivity index (χ3v) is 9.80. The number of carbonyl (C=O) groups is 2. The van der Waals surface area contributed by atoms with E-state index in [0.29, 0.717) is 6.42 Å². The van der Waals surface area contributed by atoms with Crippen molar-refractivity contribution < 1.29 is 18.8 Å². The van der Waals surface area contributed by atoms with E-state index in [9.17, 15) is 9.59 Å². The molecule has 1 fully saturated rings. The van der Waals surface area contributed by atoms with E-state index in [1.165, 1.54) is 7.11 Å². The van der Waals surface area contributed by atoms with Crippen molar-refractivity contribution in [2.24, 2.45) is 17.8 Å². The number of Topliss-reactive ketones (excluding diaryl/α,β-unsaturated/α-hetero) is 1. The first-order valence-electron chi connectivity index (χ1n) is 8.18. The van der Waals surface area contributed by atoms with Gasteiger partial charge in [-0.15, -0.1) is 0 Å². The van der Waals surface area contributed by atoms with Crippen LogP contribution in [0.5, 0.6) is 0 Å². The number of hydrogen-bond acceptors (Lipinski definition) is 4. The normalized spacial score (nSPS) is 27.1. The number of rotatable bonds is 4. The summed E-state index contributed by atoms with van der Waals surface area (Å²) in [4.78, 5) is 24.3. The summed E-state index contributed by atoms with van der Waals surface area (Å²) in [6.45, 7) is 15.1. The van der Waals surface area contributed by atoms with Gasteiger partial charge in [0, 0.05) is 18.8 Å². The zero-order valence-corrected chi connectivity index (χ0v) is 16.4. The van der Waals surface area contributed by atoms with Gasteiger partial charge in [-0.05, 0) is 24.1 Å². The standard InChI is InChI=1S/C17H32O4Si/c1-11(2)15-13(16(19)20-6)9-12(18)10-14(15)21-22(7,8)17(3,4)5/h11,13-15H,9-10H2,1-8H3/t13-,14+,15+/m0/s1. The maximum absolute atomic E-state index is 12.1. The highest BCUT2D eigenvalue weighted by Gasteiger charge is 2.47. The Morgan fingerprint density at radius 1 is 1.23 bits per heavy atom. The highest BCUT2D eigenvalue weighted by atomic mass is 28.4. The first-order valence-corrected chi connectivity index (χ1v) is 11.1. The molecular formula is C17H32O4Si. The summed E-state index contributed by atoms with van der Waals surface area (Å²) in [5.41, 5.74) is 0. The third-order valence-electron chi connectivity index (χ3n) is 5.30. The zero-order chi connectivity index (χ0) is 17.3. The first-order chi connectivity index (χ1) is 9.90. The number of carbonyl (C=O) groups excluding carboxylic acids is 2. The Balaban J connectivity index is 3.09. The molecule has 0 aliphatic heterocycles. The minimum atomic E-state index is -1.99. The molecule has 0 heterocycles. The van der Waals surface area contributed by atoms with Gasteiger partial charge in [-0.1, -0.05) is 34.6 Å². The second-order valence-electron chi connectivity index (χ2n) is 8.31. The van der Waals surface area contributed by atoms with Crippen LogP contribution in [0.1, 0.15) is 47.5 Å². The smallest absolute Gasteiger partial charge is 0.309 e. The van der Waals surface area contributed by atoms with Crippen molar-refractivity contribution in [1.82, 2.24) is 0 Å². The average molecular weight is 329 g/mol. The second kappa shape index (κ2) is 6.83. The van der Waals surface area contributed by atoms with E-state index in [1.54, 1.807) is 0 Å². The van der Waals surface area contributed by atoms with E-state index in [4.69, 9.17) is 9.16 Å². The van der Waals surface area contributed by atoms with E-state index >= 15 is 0 Å². The van der Waals surface area contributed by atoms with Crippen LogP contribution in [0.3, 0.4) is 0 Å². The topological polar surface area (TPSA) is 52.6 Å². The van der Waals surface area contributed by atoms with E-state index in [1.807, 2.05) is 0 Å². The summed E-state index contributed by atoms with van der Waals surface area (Å²) >= 11 is 0. The maximum atomic E-state index is 12.1. The molecule has 22 heavy (non-hydrogen) atoms. The molecule has 0 unspecified atom stereocenters. The van der Waals surface area contributed by atoms with Crippen molar-refractivity contribution in [1.29, 1.82) is 0 Å². The minimum Gasteiger partial charge on any atom is -0.469 e. The largest absolute Gasteiger partial charge is 0.469 e. The van der Waals surface area contributed by atoms with E-state index < -0.39 is 8.32 Å². The van der Waals surface area contributed by atoms with Crippen molar-refractivity contribution in [3.05, 3.63) is 0 Å². The highest BCUT2D eigenvalue weighted by molar-refractivity contribution is 6.74. The summed E-state index contributed by atoms with van der Waals surface area (Å²) in [6, 6.07) is 0. The van der Waals surface area contributed by atoms with Gasteiger partial charge in [0.25, 0.3) is 0 Å². The molecule has 1 aliphatic carbocycles. The first kappa shape index (κ1) is 19.4. The van der Waals surface area contributed by atoms with Crippen LogP contribution in [0.15, 0.2) is 0 Å². The van der Waals surface area contributed by atoms with Crippen LogP contribution >= 0.6 is 0 Å². The van der Waals surface area contributed by atoms with Gasteiger partial charge in [0.1, 0.15) is 5.78 Å². The van der Waals surface area contributed by atoms with Crippen LogP contribution in [-0.4, -0.2) is 33.3 Å². The molecule has 0 spiro atoms. The zero-order valence-electron chi connectivity index (χ0n) is 15.4. The van der Waals surface area contributed by atoms with Crippen molar-refractivity contribution in [2.45, 2.75) is 71.7 Å². The molecule has 4 nitrogen and oxygen atoms in total. The Morgan fingerprint density at radius 3 is 2.18 bits per heavy atom. The molecule has 0 aromatic heterocycles. The van der Waals surface area contributed by atoms with Crippen molar-refractivity contribution >= 4 is 20.1 Å². The average Bonchev–Trinajstić information content (AvgIpc) is 2.34. The van der Waals surface area contributed by atoms with Crippen molar-refractivity contribution in [3.8, 4) is 0 Å². The van der Waals surface area contributed by atoms with Gasteiger partial charge in [0.05, 0.1) is 19.1 Å². The molecule has 3 atom stereocenters. The molecule has 0 aromatic rings. The lowest BCUT2D eigenvalue weighted by Crippen LogP contribution is -2.51. The predicted octanol–water partition coefficient (Wildman–Crippen LogP) is 3.80. The predicted molar refractivity (Wildman–Crippen MR) is 90.1 cm³/mol. The molecule has 0 bridgehead atoms. The van der Waals surface area contributed by atoms with E-state index in [-0.39, 0.29) is 47.1 Å². The van der Waals surface area contributed by atoms with Crippen LogP contribution in [0.4, 0.5) is 0 Å². The Morgan fingerprint density at radius 2 is 1.77 bits per heavy atom. The molecule has 5 heteroatoms. The lowest BCUT2D eigenvalue weighted by Gasteiger charge is -2.45. The van der Waals surface area contributed by atoms with Gasteiger partial charge in [-0.3, -0.25) is 9.59 Å². The molecule has 1 aliphatic rings. The summed E-state index contributed by atoms with van der Waals surface area (Å²) < 4.78 is 11.5. The lowest BCUT2D eigenvalue weighted by atomic mass is 9.71. The maximum Gasteiger partial charge on any atom is 0.309 e. The fourth-order valence-electron chi connectivity index (χ4n) is 3.05. The number of hydrogen-bond donors (Lipinski definition) is 0. The van der Waals surface area contributed by atoms with E-state index in [2.05, 4.69) is 47.7 Å². The van der Waals surface area contributed by atoms with Crippen molar-refractivity contribution in [3.63, 3.8) is 0 Å². The fourth-order valence-corrected chi connectivity index (χ4v) is 4.40. The Bertz CT molecular complexity index is 423. The van der Waals surface area contributed by atoms with Crippen LogP contribution in [0, 0.1) is 17.8 Å². The molecule has 0 saturated heterocycles. The molecule has 1 saturated carbocycles. The summed E-state index contributed by atoms with van der Waals surface area (Å²) in [6.07, 6.45) is 0.529.